The van der Waals surface area contributed by atoms with Crippen LogP contribution >= 0.6 is 11.8 Å². The number of nitrogens with two attached hydrogens (primary N) is 1. The van der Waals surface area contributed by atoms with Crippen molar-refractivity contribution in [3.8, 4) is 0 Å². The Morgan fingerprint density at radius 2 is 2.00 bits per heavy atom. The predicted molar refractivity (Wildman–Crippen MR) is 72.0 cm³/mol. The molecule has 0 atom stereocenters. The van der Waals surface area contributed by atoms with E-state index in [-0.39, 0.29) is 29.6 Å². The fourth-order valence-electron chi connectivity index (χ4n) is 1.29. The van der Waals surface area contributed by atoms with Crippen molar-refractivity contribution in [2.45, 2.75) is 18.9 Å². The lowest BCUT2D eigenvalue weighted by molar-refractivity contribution is -0.139. The third-order valence-corrected chi connectivity index (χ3v) is 3.06. The summed E-state index contributed by atoms with van der Waals surface area (Å²) in [5.41, 5.74) is 6.31. The number of rotatable bonds is 6. The van der Waals surface area contributed by atoms with Crippen molar-refractivity contribution in [3.63, 3.8) is 0 Å². The smallest absolute Gasteiger partial charge is 0.340 e. The van der Waals surface area contributed by atoms with Crippen molar-refractivity contribution in [2.75, 3.05) is 24.7 Å². The SMILES string of the molecule is CCOC(=O)CSc1nccc(C(=O)OCC)c1N. The normalized spacial score (nSPS) is 10.0. The summed E-state index contributed by atoms with van der Waals surface area (Å²) in [5, 5.41) is 0.415. The van der Waals surface area contributed by atoms with E-state index in [9.17, 15) is 9.59 Å². The standard InChI is InChI=1S/C12H16N2O4S/c1-3-17-9(15)7-19-11-10(13)8(5-6-14-11)12(16)18-4-2/h5-6H,3-4,7,13H2,1-2H3. The fraction of sp³-hybridized carbons (Fsp3) is 0.417. The van der Waals surface area contributed by atoms with Crippen LogP contribution in [0, 0.1) is 0 Å². The topological polar surface area (TPSA) is 91.5 Å². The highest BCUT2D eigenvalue weighted by Gasteiger charge is 2.15. The lowest BCUT2D eigenvalue weighted by Gasteiger charge is -2.08. The second-order valence-electron chi connectivity index (χ2n) is 3.39. The first-order chi connectivity index (χ1) is 9.10. The zero-order valence-electron chi connectivity index (χ0n) is 10.8. The molecule has 104 valence electrons. The molecule has 0 aliphatic heterocycles. The molecule has 0 aliphatic carbocycles. The van der Waals surface area contributed by atoms with Gasteiger partial charge in [0.05, 0.1) is 30.2 Å². The van der Waals surface area contributed by atoms with Crippen LogP contribution in [-0.2, 0) is 14.3 Å². The van der Waals surface area contributed by atoms with Crippen molar-refractivity contribution in [2.24, 2.45) is 0 Å². The van der Waals surface area contributed by atoms with Gasteiger partial charge in [0.1, 0.15) is 5.03 Å². The first-order valence-electron chi connectivity index (χ1n) is 5.80. The Hall–Kier alpha value is -1.76. The minimum atomic E-state index is -0.500. The Bertz CT molecular complexity index is 465. The van der Waals surface area contributed by atoms with Gasteiger partial charge in [-0.3, -0.25) is 4.79 Å². The molecular weight excluding hydrogens is 268 g/mol. The van der Waals surface area contributed by atoms with Gasteiger partial charge in [-0.05, 0) is 19.9 Å². The van der Waals surface area contributed by atoms with Crippen LogP contribution in [0.2, 0.25) is 0 Å². The summed E-state index contributed by atoms with van der Waals surface area (Å²) in [6.07, 6.45) is 1.45. The number of nitrogen functional groups attached to an aromatic ring is 1. The van der Waals surface area contributed by atoms with Crippen LogP contribution in [0.5, 0.6) is 0 Å². The molecule has 19 heavy (non-hydrogen) atoms. The predicted octanol–water partition coefficient (Wildman–Crippen LogP) is 1.50. The number of ether oxygens (including phenoxy) is 2. The molecule has 1 heterocycles. The van der Waals surface area contributed by atoms with Gasteiger partial charge < -0.3 is 15.2 Å². The maximum atomic E-state index is 11.6. The molecular formula is C12H16N2O4S. The molecule has 0 saturated heterocycles. The Labute approximate surface area is 115 Å². The van der Waals surface area contributed by atoms with Crippen LogP contribution in [0.25, 0.3) is 0 Å². The third kappa shape index (κ3) is 4.44. The third-order valence-electron chi connectivity index (χ3n) is 2.08. The van der Waals surface area contributed by atoms with E-state index >= 15 is 0 Å². The number of anilines is 1. The summed E-state index contributed by atoms with van der Waals surface area (Å²) in [6.45, 7) is 4.04. The monoisotopic (exact) mass is 284 g/mol. The van der Waals surface area contributed by atoms with E-state index in [1.54, 1.807) is 13.8 Å². The van der Waals surface area contributed by atoms with Crippen molar-refractivity contribution >= 4 is 29.4 Å². The van der Waals surface area contributed by atoms with Crippen molar-refractivity contribution in [1.29, 1.82) is 0 Å². The number of esters is 2. The molecule has 0 radical (unpaired) electrons. The Morgan fingerprint density at radius 3 is 2.63 bits per heavy atom. The van der Waals surface area contributed by atoms with Gasteiger partial charge in [0.25, 0.3) is 0 Å². The van der Waals surface area contributed by atoms with Gasteiger partial charge in [0.2, 0.25) is 0 Å². The van der Waals surface area contributed by atoms with Crippen molar-refractivity contribution in [1.82, 2.24) is 4.98 Å². The van der Waals surface area contributed by atoms with E-state index in [1.165, 1.54) is 12.3 Å². The van der Waals surface area contributed by atoms with Crippen LogP contribution < -0.4 is 5.73 Å². The van der Waals surface area contributed by atoms with Gasteiger partial charge in [-0.15, -0.1) is 0 Å². The molecule has 0 aromatic carbocycles. The molecule has 0 saturated carbocycles. The molecule has 1 rings (SSSR count). The van der Waals surface area contributed by atoms with Crippen LogP contribution in [0.15, 0.2) is 17.3 Å². The van der Waals surface area contributed by atoms with Gasteiger partial charge in [-0.25, -0.2) is 9.78 Å². The Kier molecular flexibility index (Phi) is 6.14. The fourth-order valence-corrected chi connectivity index (χ4v) is 2.02. The highest BCUT2D eigenvalue weighted by Crippen LogP contribution is 2.25. The number of aromatic nitrogens is 1. The van der Waals surface area contributed by atoms with Crippen LogP contribution in [-0.4, -0.2) is 35.9 Å². The molecule has 0 bridgehead atoms. The van der Waals surface area contributed by atoms with E-state index in [1.807, 2.05) is 0 Å². The maximum absolute atomic E-state index is 11.6. The molecule has 1 aromatic heterocycles. The lowest BCUT2D eigenvalue weighted by atomic mass is 10.2. The van der Waals surface area contributed by atoms with E-state index in [4.69, 9.17) is 15.2 Å². The molecule has 0 unspecified atom stereocenters. The number of carbonyl (C=O) groups excluding carboxylic acids is 2. The molecule has 0 aliphatic rings. The van der Waals surface area contributed by atoms with E-state index in [0.29, 0.717) is 11.6 Å². The van der Waals surface area contributed by atoms with Gasteiger partial charge >= 0.3 is 11.9 Å². The molecule has 1 aromatic rings. The summed E-state index contributed by atoms with van der Waals surface area (Å²) in [7, 11) is 0. The number of pyridine rings is 1. The van der Waals surface area contributed by atoms with Gasteiger partial charge in [-0.2, -0.15) is 0 Å². The van der Waals surface area contributed by atoms with Gasteiger partial charge in [-0.1, -0.05) is 11.8 Å². The lowest BCUT2D eigenvalue weighted by Crippen LogP contribution is -2.11. The summed E-state index contributed by atoms with van der Waals surface area (Å²) in [5.74, 6) is -0.757. The van der Waals surface area contributed by atoms with Crippen molar-refractivity contribution in [3.05, 3.63) is 17.8 Å². The zero-order valence-corrected chi connectivity index (χ0v) is 11.7. The first kappa shape index (κ1) is 15.3. The summed E-state index contributed by atoms with van der Waals surface area (Å²) >= 11 is 1.13. The second kappa shape index (κ2) is 7.63. The quantitative estimate of drug-likeness (QED) is 0.625. The number of carbonyl (C=O) groups is 2. The number of hydrogen-bond acceptors (Lipinski definition) is 7. The Balaban J connectivity index is 2.77. The summed E-state index contributed by atoms with van der Waals surface area (Å²) in [6, 6.07) is 1.49. The summed E-state index contributed by atoms with van der Waals surface area (Å²) < 4.78 is 9.68. The number of nitrogens with zero attached hydrogens (tertiary/aromatic N) is 1. The van der Waals surface area contributed by atoms with E-state index in [0.717, 1.165) is 11.8 Å². The van der Waals surface area contributed by atoms with E-state index in [2.05, 4.69) is 4.98 Å². The molecule has 2 N–H and O–H groups in total. The highest BCUT2D eigenvalue weighted by atomic mass is 32.2. The molecule has 0 spiro atoms. The zero-order chi connectivity index (χ0) is 14.3. The molecule has 0 amide bonds. The first-order valence-corrected chi connectivity index (χ1v) is 6.78. The average molecular weight is 284 g/mol. The minimum Gasteiger partial charge on any atom is -0.465 e. The molecule has 0 fully saturated rings. The average Bonchev–Trinajstić information content (AvgIpc) is 2.38. The van der Waals surface area contributed by atoms with Crippen molar-refractivity contribution < 1.29 is 19.1 Å². The number of hydrogen-bond donors (Lipinski definition) is 1. The Morgan fingerprint density at radius 1 is 1.32 bits per heavy atom. The van der Waals surface area contributed by atoms with Crippen LogP contribution in [0.1, 0.15) is 24.2 Å². The molecule has 7 heteroatoms. The van der Waals surface area contributed by atoms with E-state index < -0.39 is 5.97 Å². The summed E-state index contributed by atoms with van der Waals surface area (Å²) in [4.78, 5) is 26.9. The molecule has 6 nitrogen and oxygen atoms in total. The second-order valence-corrected chi connectivity index (χ2v) is 4.36. The maximum Gasteiger partial charge on any atom is 0.340 e. The highest BCUT2D eigenvalue weighted by molar-refractivity contribution is 8.00. The minimum absolute atomic E-state index is 0.0946. The van der Waals surface area contributed by atoms with Crippen LogP contribution in [0.4, 0.5) is 5.69 Å². The van der Waals surface area contributed by atoms with Gasteiger partial charge in [0.15, 0.2) is 0 Å². The van der Waals surface area contributed by atoms with Crippen LogP contribution in [0.3, 0.4) is 0 Å². The number of thioether (sulfide) groups is 1. The van der Waals surface area contributed by atoms with Gasteiger partial charge in [0, 0.05) is 6.20 Å². The largest absolute Gasteiger partial charge is 0.465 e.